The molecule has 0 amide bonds. The third kappa shape index (κ3) is 5.68. The molecule has 5 heteroatoms. The van der Waals surface area contributed by atoms with Crippen LogP contribution in [-0.4, -0.2) is 27.9 Å². The first-order valence-corrected chi connectivity index (χ1v) is 6.18. The van der Waals surface area contributed by atoms with E-state index in [-0.39, 0.29) is 12.8 Å². The predicted molar refractivity (Wildman–Crippen MR) is 60.2 cm³/mol. The topological polar surface area (TPSA) is 83.8 Å². The second-order valence-electron chi connectivity index (χ2n) is 4.58. The molecule has 0 atom stereocenters. The molecule has 5 nitrogen and oxygen atoms in total. The fourth-order valence-electron chi connectivity index (χ4n) is 2.01. The van der Waals surface area contributed by atoms with Crippen molar-refractivity contribution in [2.45, 2.75) is 63.6 Å². The molecule has 0 aromatic heterocycles. The van der Waals surface area contributed by atoms with Crippen LogP contribution < -0.4 is 0 Å². The SMILES string of the molecule is O=C(O)CCCCC(=O)OC1(O)CCCCC1. The van der Waals surface area contributed by atoms with Crippen molar-refractivity contribution < 1.29 is 24.5 Å². The number of aliphatic carboxylic acids is 1. The van der Waals surface area contributed by atoms with Crippen LogP contribution in [0.1, 0.15) is 57.8 Å². The van der Waals surface area contributed by atoms with E-state index in [4.69, 9.17) is 9.84 Å². The van der Waals surface area contributed by atoms with Crippen LogP contribution in [0.5, 0.6) is 0 Å². The Morgan fingerprint density at radius 2 is 1.65 bits per heavy atom. The van der Waals surface area contributed by atoms with Crippen molar-refractivity contribution in [1.82, 2.24) is 0 Å². The minimum atomic E-state index is -1.28. The zero-order chi connectivity index (χ0) is 12.7. The lowest BCUT2D eigenvalue weighted by molar-refractivity contribution is -0.220. The van der Waals surface area contributed by atoms with Gasteiger partial charge in [-0.05, 0) is 25.7 Å². The molecular weight excluding hydrogens is 224 g/mol. The Bertz CT molecular complexity index is 268. The zero-order valence-electron chi connectivity index (χ0n) is 9.98. The van der Waals surface area contributed by atoms with Crippen LogP contribution in [0.15, 0.2) is 0 Å². The van der Waals surface area contributed by atoms with Gasteiger partial charge < -0.3 is 14.9 Å². The van der Waals surface area contributed by atoms with Crippen LogP contribution in [0.4, 0.5) is 0 Å². The largest absolute Gasteiger partial charge is 0.481 e. The van der Waals surface area contributed by atoms with Crippen LogP contribution in [-0.2, 0) is 14.3 Å². The molecule has 1 saturated carbocycles. The molecule has 1 rings (SSSR count). The quantitative estimate of drug-likeness (QED) is 0.423. The van der Waals surface area contributed by atoms with E-state index < -0.39 is 17.7 Å². The number of unbranched alkanes of at least 4 members (excludes halogenated alkanes) is 1. The molecule has 17 heavy (non-hydrogen) atoms. The highest BCUT2D eigenvalue weighted by Crippen LogP contribution is 2.29. The minimum absolute atomic E-state index is 0.0670. The van der Waals surface area contributed by atoms with Gasteiger partial charge in [0.1, 0.15) is 0 Å². The van der Waals surface area contributed by atoms with Gasteiger partial charge in [-0.1, -0.05) is 6.42 Å². The molecule has 1 aliphatic rings. The standard InChI is InChI=1S/C12H20O5/c13-10(14)6-2-3-7-11(15)17-12(16)8-4-1-5-9-12/h16H,1-9H2,(H,13,14). The van der Waals surface area contributed by atoms with E-state index in [2.05, 4.69) is 0 Å². The lowest BCUT2D eigenvalue weighted by Gasteiger charge is -2.31. The zero-order valence-corrected chi connectivity index (χ0v) is 9.98. The molecular formula is C12H20O5. The molecule has 0 unspecified atom stereocenters. The average molecular weight is 244 g/mol. The molecule has 98 valence electrons. The van der Waals surface area contributed by atoms with Crippen molar-refractivity contribution >= 4 is 11.9 Å². The summed E-state index contributed by atoms with van der Waals surface area (Å²) >= 11 is 0. The van der Waals surface area contributed by atoms with E-state index in [1.807, 2.05) is 0 Å². The van der Waals surface area contributed by atoms with E-state index in [1.54, 1.807) is 0 Å². The predicted octanol–water partition coefficient (Wildman–Crippen LogP) is 1.83. The van der Waals surface area contributed by atoms with Gasteiger partial charge in [-0.15, -0.1) is 0 Å². The summed E-state index contributed by atoms with van der Waals surface area (Å²) in [5.74, 6) is -2.56. The number of carboxylic acids is 1. The van der Waals surface area contributed by atoms with Crippen LogP contribution in [0.2, 0.25) is 0 Å². The van der Waals surface area contributed by atoms with Gasteiger partial charge in [0, 0.05) is 25.7 Å². The summed E-state index contributed by atoms with van der Waals surface area (Å²) in [5, 5.41) is 18.4. The molecule has 0 bridgehead atoms. The summed E-state index contributed by atoms with van der Waals surface area (Å²) in [4.78, 5) is 21.7. The number of hydrogen-bond acceptors (Lipinski definition) is 4. The lowest BCUT2D eigenvalue weighted by Crippen LogP contribution is -2.36. The number of hydrogen-bond donors (Lipinski definition) is 2. The lowest BCUT2D eigenvalue weighted by atomic mass is 9.94. The van der Waals surface area contributed by atoms with Crippen molar-refractivity contribution in [3.05, 3.63) is 0 Å². The van der Waals surface area contributed by atoms with Crippen LogP contribution in [0.3, 0.4) is 0 Å². The number of rotatable bonds is 6. The van der Waals surface area contributed by atoms with Crippen LogP contribution in [0.25, 0.3) is 0 Å². The van der Waals surface area contributed by atoms with Crippen molar-refractivity contribution in [2.24, 2.45) is 0 Å². The summed E-state index contributed by atoms with van der Waals surface area (Å²) in [6.45, 7) is 0. The van der Waals surface area contributed by atoms with Gasteiger partial charge in [-0.25, -0.2) is 0 Å². The summed E-state index contributed by atoms with van der Waals surface area (Å²) in [5.41, 5.74) is 0. The molecule has 0 aliphatic heterocycles. The van der Waals surface area contributed by atoms with Crippen molar-refractivity contribution in [3.8, 4) is 0 Å². The van der Waals surface area contributed by atoms with E-state index in [0.717, 1.165) is 19.3 Å². The smallest absolute Gasteiger partial charge is 0.308 e. The first-order chi connectivity index (χ1) is 8.02. The molecule has 0 aromatic rings. The molecule has 2 N–H and O–H groups in total. The van der Waals surface area contributed by atoms with E-state index >= 15 is 0 Å². The van der Waals surface area contributed by atoms with E-state index in [0.29, 0.717) is 25.7 Å². The van der Waals surface area contributed by atoms with Gasteiger partial charge >= 0.3 is 11.9 Å². The van der Waals surface area contributed by atoms with E-state index in [9.17, 15) is 14.7 Å². The highest BCUT2D eigenvalue weighted by Gasteiger charge is 2.32. The molecule has 0 aromatic carbocycles. The normalized spacial score (nSPS) is 18.6. The highest BCUT2D eigenvalue weighted by atomic mass is 16.7. The fraction of sp³-hybridized carbons (Fsp3) is 0.833. The molecule has 0 saturated heterocycles. The van der Waals surface area contributed by atoms with Gasteiger partial charge in [-0.2, -0.15) is 0 Å². The Kier molecular flexibility index (Phi) is 5.41. The Hall–Kier alpha value is -1.10. The first kappa shape index (κ1) is 14.0. The van der Waals surface area contributed by atoms with Gasteiger partial charge in [0.2, 0.25) is 5.79 Å². The third-order valence-electron chi connectivity index (χ3n) is 2.96. The van der Waals surface area contributed by atoms with Gasteiger partial charge in [-0.3, -0.25) is 9.59 Å². The molecule has 1 aliphatic carbocycles. The van der Waals surface area contributed by atoms with Crippen LogP contribution in [0, 0.1) is 0 Å². The summed E-state index contributed by atoms with van der Waals surface area (Å²) in [7, 11) is 0. The Balaban J connectivity index is 2.17. The van der Waals surface area contributed by atoms with Gasteiger partial charge in [0.25, 0.3) is 0 Å². The maximum Gasteiger partial charge on any atom is 0.308 e. The Labute approximate surface area is 101 Å². The Morgan fingerprint density at radius 3 is 2.24 bits per heavy atom. The number of aliphatic hydroxyl groups is 1. The van der Waals surface area contributed by atoms with Crippen molar-refractivity contribution in [2.75, 3.05) is 0 Å². The number of ether oxygens (including phenoxy) is 1. The highest BCUT2D eigenvalue weighted by molar-refractivity contribution is 5.70. The second kappa shape index (κ2) is 6.59. The number of carbonyl (C=O) groups is 2. The fourth-order valence-corrected chi connectivity index (χ4v) is 2.01. The van der Waals surface area contributed by atoms with E-state index in [1.165, 1.54) is 0 Å². The summed E-state index contributed by atoms with van der Waals surface area (Å²) in [6, 6.07) is 0. The second-order valence-corrected chi connectivity index (χ2v) is 4.58. The number of carboxylic acid groups (broad SMARTS) is 1. The summed E-state index contributed by atoms with van der Waals surface area (Å²) < 4.78 is 5.06. The molecule has 0 radical (unpaired) electrons. The van der Waals surface area contributed by atoms with Crippen molar-refractivity contribution in [1.29, 1.82) is 0 Å². The third-order valence-corrected chi connectivity index (χ3v) is 2.96. The number of esters is 1. The molecule has 0 heterocycles. The average Bonchev–Trinajstić information content (AvgIpc) is 2.24. The monoisotopic (exact) mass is 244 g/mol. The maximum absolute atomic E-state index is 11.4. The Morgan fingerprint density at radius 1 is 1.06 bits per heavy atom. The minimum Gasteiger partial charge on any atom is -0.481 e. The molecule has 0 spiro atoms. The number of carbonyl (C=O) groups excluding carboxylic acids is 1. The first-order valence-electron chi connectivity index (χ1n) is 6.18. The molecule has 1 fully saturated rings. The van der Waals surface area contributed by atoms with Gasteiger partial charge in [0.05, 0.1) is 0 Å². The summed E-state index contributed by atoms with van der Waals surface area (Å²) in [6.07, 6.45) is 5.03. The van der Waals surface area contributed by atoms with Crippen LogP contribution >= 0.6 is 0 Å². The van der Waals surface area contributed by atoms with Gasteiger partial charge in [0.15, 0.2) is 0 Å². The maximum atomic E-state index is 11.4. The van der Waals surface area contributed by atoms with Crippen molar-refractivity contribution in [3.63, 3.8) is 0 Å².